The van der Waals surface area contributed by atoms with Crippen molar-refractivity contribution in [2.45, 2.75) is 25.7 Å². The highest BCUT2D eigenvalue weighted by atomic mass is 16.5. The van der Waals surface area contributed by atoms with Crippen LogP contribution in [0, 0.1) is 5.92 Å². The quantitative estimate of drug-likeness (QED) is 0.830. The Balaban J connectivity index is 2.15. The number of ether oxygens (including phenoxy) is 1. The van der Waals surface area contributed by atoms with Crippen LogP contribution in [-0.4, -0.2) is 18.2 Å². The average molecular weight is 246 g/mol. The van der Waals surface area contributed by atoms with Gasteiger partial charge in [0.25, 0.3) is 0 Å². The van der Waals surface area contributed by atoms with Crippen molar-refractivity contribution in [3.8, 4) is 5.75 Å². The van der Waals surface area contributed by atoms with Gasteiger partial charge >= 0.3 is 5.97 Å². The standard InChI is InChI=1S/C15H18O3/c1-18-14-8-3-2-5-13(14)9-11-6-4-7-12(11)10-15(16)17/h2-3,5,8,10-11H,4,6-7,9H2,1H3,(H,16,17)/b12-10+. The van der Waals surface area contributed by atoms with E-state index in [1.165, 1.54) is 6.08 Å². The van der Waals surface area contributed by atoms with Gasteiger partial charge in [-0.05, 0) is 43.2 Å². The second kappa shape index (κ2) is 5.71. The van der Waals surface area contributed by atoms with E-state index >= 15 is 0 Å². The van der Waals surface area contributed by atoms with Crippen LogP contribution in [0.4, 0.5) is 0 Å². The predicted octanol–water partition coefficient (Wildman–Crippen LogP) is 3.05. The summed E-state index contributed by atoms with van der Waals surface area (Å²) >= 11 is 0. The smallest absolute Gasteiger partial charge is 0.328 e. The minimum absolute atomic E-state index is 0.345. The van der Waals surface area contributed by atoms with Gasteiger partial charge in [-0.25, -0.2) is 4.79 Å². The molecule has 0 amide bonds. The summed E-state index contributed by atoms with van der Waals surface area (Å²) in [5.74, 6) is 0.397. The van der Waals surface area contributed by atoms with E-state index < -0.39 is 5.97 Å². The second-order valence-electron chi connectivity index (χ2n) is 4.66. The lowest BCUT2D eigenvalue weighted by Crippen LogP contribution is -2.05. The maximum absolute atomic E-state index is 10.8. The van der Waals surface area contributed by atoms with E-state index in [4.69, 9.17) is 9.84 Å². The van der Waals surface area contributed by atoms with Crippen molar-refractivity contribution in [1.29, 1.82) is 0 Å². The Bertz CT molecular complexity index is 463. The monoisotopic (exact) mass is 246 g/mol. The van der Waals surface area contributed by atoms with E-state index in [1.54, 1.807) is 7.11 Å². The zero-order chi connectivity index (χ0) is 13.0. The average Bonchev–Trinajstić information content (AvgIpc) is 2.76. The fourth-order valence-electron chi connectivity index (χ4n) is 2.66. The first-order valence-corrected chi connectivity index (χ1v) is 6.26. The van der Waals surface area contributed by atoms with E-state index in [1.807, 2.05) is 18.2 Å². The molecule has 1 N–H and O–H groups in total. The molecule has 0 aromatic heterocycles. The summed E-state index contributed by atoms with van der Waals surface area (Å²) in [7, 11) is 1.67. The van der Waals surface area contributed by atoms with Crippen LogP contribution in [0.5, 0.6) is 5.75 Å². The lowest BCUT2D eigenvalue weighted by molar-refractivity contribution is -0.131. The summed E-state index contributed by atoms with van der Waals surface area (Å²) in [4.78, 5) is 10.8. The predicted molar refractivity (Wildman–Crippen MR) is 69.8 cm³/mol. The number of benzene rings is 1. The Kier molecular flexibility index (Phi) is 4.03. The number of carbonyl (C=O) groups is 1. The van der Waals surface area contributed by atoms with E-state index in [9.17, 15) is 4.79 Å². The van der Waals surface area contributed by atoms with Crippen molar-refractivity contribution >= 4 is 5.97 Å². The van der Waals surface area contributed by atoms with Crippen molar-refractivity contribution in [2.75, 3.05) is 7.11 Å². The van der Waals surface area contributed by atoms with Gasteiger partial charge in [-0.2, -0.15) is 0 Å². The molecule has 0 bridgehead atoms. The van der Waals surface area contributed by atoms with E-state index in [0.29, 0.717) is 5.92 Å². The molecular weight excluding hydrogens is 228 g/mol. The largest absolute Gasteiger partial charge is 0.496 e. The normalized spacial score (nSPS) is 21.2. The fraction of sp³-hybridized carbons (Fsp3) is 0.400. The number of aliphatic carboxylic acids is 1. The van der Waals surface area contributed by atoms with Crippen LogP contribution < -0.4 is 4.74 Å². The van der Waals surface area contributed by atoms with Gasteiger partial charge in [-0.15, -0.1) is 0 Å². The van der Waals surface area contributed by atoms with Gasteiger partial charge in [0.05, 0.1) is 7.11 Å². The summed E-state index contributed by atoms with van der Waals surface area (Å²) in [5.41, 5.74) is 2.22. The van der Waals surface area contributed by atoms with E-state index in [2.05, 4.69) is 6.07 Å². The number of hydrogen-bond donors (Lipinski definition) is 1. The Morgan fingerprint density at radius 1 is 1.50 bits per heavy atom. The number of carboxylic acid groups (broad SMARTS) is 1. The molecule has 1 aromatic rings. The fourth-order valence-corrected chi connectivity index (χ4v) is 2.66. The van der Waals surface area contributed by atoms with Crippen molar-refractivity contribution < 1.29 is 14.6 Å². The zero-order valence-corrected chi connectivity index (χ0v) is 10.6. The minimum Gasteiger partial charge on any atom is -0.496 e. The molecule has 1 atom stereocenters. The first-order chi connectivity index (χ1) is 8.70. The van der Waals surface area contributed by atoms with Crippen LogP contribution in [0.25, 0.3) is 0 Å². The maximum atomic E-state index is 10.8. The Morgan fingerprint density at radius 2 is 2.28 bits per heavy atom. The zero-order valence-electron chi connectivity index (χ0n) is 10.6. The topological polar surface area (TPSA) is 46.5 Å². The summed E-state index contributed by atoms with van der Waals surface area (Å²) in [6, 6.07) is 7.94. The van der Waals surface area contributed by atoms with Crippen LogP contribution >= 0.6 is 0 Å². The molecule has 3 heteroatoms. The number of rotatable bonds is 4. The number of methoxy groups -OCH3 is 1. The third-order valence-corrected chi connectivity index (χ3v) is 3.51. The van der Waals surface area contributed by atoms with Crippen LogP contribution in [0.2, 0.25) is 0 Å². The summed E-state index contributed by atoms with van der Waals surface area (Å²) in [6.07, 6.45) is 5.30. The van der Waals surface area contributed by atoms with Crippen LogP contribution in [0.1, 0.15) is 24.8 Å². The lowest BCUT2D eigenvalue weighted by atomic mass is 9.93. The maximum Gasteiger partial charge on any atom is 0.328 e. The SMILES string of the molecule is COc1ccccc1CC1CCC/C1=C\C(=O)O. The van der Waals surface area contributed by atoms with Gasteiger partial charge in [0.15, 0.2) is 0 Å². The Hall–Kier alpha value is -1.77. The van der Waals surface area contributed by atoms with Gasteiger partial charge in [0.1, 0.15) is 5.75 Å². The lowest BCUT2D eigenvalue weighted by Gasteiger charge is -2.14. The molecule has 0 aliphatic heterocycles. The number of carboxylic acids is 1. The van der Waals surface area contributed by atoms with Gasteiger partial charge in [0.2, 0.25) is 0 Å². The summed E-state index contributed by atoms with van der Waals surface area (Å²) < 4.78 is 5.34. The molecule has 1 aliphatic rings. The van der Waals surface area contributed by atoms with Crippen molar-refractivity contribution in [3.63, 3.8) is 0 Å². The number of allylic oxidation sites excluding steroid dienone is 1. The molecule has 2 rings (SSSR count). The van der Waals surface area contributed by atoms with Crippen molar-refractivity contribution in [2.24, 2.45) is 5.92 Å². The van der Waals surface area contributed by atoms with Crippen molar-refractivity contribution in [1.82, 2.24) is 0 Å². The molecule has 18 heavy (non-hydrogen) atoms. The minimum atomic E-state index is -0.836. The molecule has 1 fully saturated rings. The molecule has 1 saturated carbocycles. The molecule has 0 heterocycles. The first-order valence-electron chi connectivity index (χ1n) is 6.26. The van der Waals surface area contributed by atoms with E-state index in [-0.39, 0.29) is 0 Å². The first kappa shape index (κ1) is 12.7. The molecular formula is C15H18O3. The van der Waals surface area contributed by atoms with Gasteiger partial charge in [-0.3, -0.25) is 0 Å². The second-order valence-corrected chi connectivity index (χ2v) is 4.66. The molecule has 0 saturated heterocycles. The number of para-hydroxylation sites is 1. The van der Waals surface area contributed by atoms with Gasteiger partial charge < -0.3 is 9.84 Å². The van der Waals surface area contributed by atoms with Crippen LogP contribution in [0.3, 0.4) is 0 Å². The highest BCUT2D eigenvalue weighted by Gasteiger charge is 2.23. The Labute approximate surface area is 107 Å². The molecule has 1 aromatic carbocycles. The highest BCUT2D eigenvalue weighted by Crippen LogP contribution is 2.35. The summed E-state index contributed by atoms with van der Waals surface area (Å²) in [5, 5.41) is 8.86. The van der Waals surface area contributed by atoms with Gasteiger partial charge in [-0.1, -0.05) is 23.8 Å². The van der Waals surface area contributed by atoms with Crippen LogP contribution in [-0.2, 0) is 11.2 Å². The molecule has 96 valence electrons. The third kappa shape index (κ3) is 2.92. The van der Waals surface area contributed by atoms with Crippen molar-refractivity contribution in [3.05, 3.63) is 41.5 Å². The molecule has 1 unspecified atom stereocenters. The third-order valence-electron chi connectivity index (χ3n) is 3.51. The molecule has 3 nitrogen and oxygen atoms in total. The van der Waals surface area contributed by atoms with E-state index in [0.717, 1.165) is 42.6 Å². The Morgan fingerprint density at radius 3 is 3.00 bits per heavy atom. The summed E-state index contributed by atoms with van der Waals surface area (Å²) in [6.45, 7) is 0. The molecule has 0 spiro atoms. The van der Waals surface area contributed by atoms with Crippen LogP contribution in [0.15, 0.2) is 35.9 Å². The molecule has 1 aliphatic carbocycles. The number of hydrogen-bond acceptors (Lipinski definition) is 2. The molecule has 0 radical (unpaired) electrons. The highest BCUT2D eigenvalue weighted by molar-refractivity contribution is 5.80. The van der Waals surface area contributed by atoms with Gasteiger partial charge in [0, 0.05) is 6.08 Å².